The van der Waals surface area contributed by atoms with Crippen molar-refractivity contribution in [2.75, 3.05) is 26.4 Å². The van der Waals surface area contributed by atoms with Crippen LogP contribution in [0.2, 0.25) is 0 Å². The van der Waals surface area contributed by atoms with Crippen molar-refractivity contribution in [2.24, 2.45) is 17.0 Å². The van der Waals surface area contributed by atoms with Gasteiger partial charge in [-0.15, -0.1) is 0 Å². The van der Waals surface area contributed by atoms with Crippen molar-refractivity contribution in [3.63, 3.8) is 0 Å². The summed E-state index contributed by atoms with van der Waals surface area (Å²) in [6.45, 7) is 2.97. The van der Waals surface area contributed by atoms with E-state index in [1.807, 2.05) is 6.07 Å². The molecule has 0 N–H and O–H groups in total. The van der Waals surface area contributed by atoms with Crippen molar-refractivity contribution in [1.82, 2.24) is 0 Å². The van der Waals surface area contributed by atoms with E-state index >= 15 is 0 Å². The second kappa shape index (κ2) is 6.20. The molecule has 3 fully saturated rings. The lowest BCUT2D eigenvalue weighted by atomic mass is 9.93. The van der Waals surface area contributed by atoms with Crippen LogP contribution < -0.4 is 9.47 Å². The first-order chi connectivity index (χ1) is 12.3. The predicted molar refractivity (Wildman–Crippen MR) is 93.3 cm³/mol. The molecular formula is C20H25NO4. The van der Waals surface area contributed by atoms with Crippen molar-refractivity contribution in [1.29, 1.82) is 0 Å². The second-order valence-corrected chi connectivity index (χ2v) is 7.96. The molecular weight excluding hydrogens is 318 g/mol. The molecule has 0 bridgehead atoms. The molecule has 1 unspecified atom stereocenters. The zero-order chi connectivity index (χ0) is 16.7. The number of hydrogen-bond acceptors (Lipinski definition) is 5. The Morgan fingerprint density at radius 1 is 1.04 bits per heavy atom. The monoisotopic (exact) mass is 343 g/mol. The Morgan fingerprint density at radius 3 is 2.48 bits per heavy atom. The second-order valence-electron chi connectivity index (χ2n) is 7.96. The summed E-state index contributed by atoms with van der Waals surface area (Å²) in [6, 6.07) is 6.17. The molecule has 5 rings (SSSR count). The zero-order valence-electron chi connectivity index (χ0n) is 14.5. The minimum atomic E-state index is -0.245. The van der Waals surface area contributed by atoms with Gasteiger partial charge < -0.3 is 19.0 Å². The fourth-order valence-electron chi connectivity index (χ4n) is 3.38. The molecule has 2 heterocycles. The summed E-state index contributed by atoms with van der Waals surface area (Å²) in [5, 5.41) is 4.34. The van der Waals surface area contributed by atoms with E-state index in [0.29, 0.717) is 12.5 Å². The summed E-state index contributed by atoms with van der Waals surface area (Å²) in [4.78, 5) is 5.72. The van der Waals surface area contributed by atoms with Gasteiger partial charge in [0.2, 0.25) is 0 Å². The molecule has 1 aromatic carbocycles. The number of rotatable bonds is 7. The maximum atomic E-state index is 6.09. The lowest BCUT2D eigenvalue weighted by molar-refractivity contribution is -0.0237. The molecule has 1 aromatic rings. The Labute approximate surface area is 148 Å². The van der Waals surface area contributed by atoms with Crippen LogP contribution in [0.1, 0.15) is 44.1 Å². The highest BCUT2D eigenvalue weighted by Crippen LogP contribution is 2.38. The summed E-state index contributed by atoms with van der Waals surface area (Å²) in [5.41, 5.74) is 1.80. The van der Waals surface area contributed by atoms with Crippen molar-refractivity contribution >= 4 is 5.71 Å². The van der Waals surface area contributed by atoms with Gasteiger partial charge in [0.05, 0.1) is 32.1 Å². The van der Waals surface area contributed by atoms with E-state index in [0.717, 1.165) is 61.4 Å². The highest BCUT2D eigenvalue weighted by atomic mass is 16.7. The third-order valence-electron chi connectivity index (χ3n) is 5.53. The minimum Gasteiger partial charge on any atom is -0.489 e. The van der Waals surface area contributed by atoms with Crippen LogP contribution in [-0.2, 0) is 9.57 Å². The molecule has 5 nitrogen and oxygen atoms in total. The first kappa shape index (κ1) is 15.5. The van der Waals surface area contributed by atoms with Gasteiger partial charge in [0.1, 0.15) is 0 Å². The molecule has 2 aliphatic carbocycles. The van der Waals surface area contributed by atoms with Gasteiger partial charge in [-0.25, -0.2) is 0 Å². The molecule has 134 valence electrons. The molecule has 1 atom stereocenters. The fourth-order valence-corrected chi connectivity index (χ4v) is 3.38. The Balaban J connectivity index is 1.33. The van der Waals surface area contributed by atoms with Crippen LogP contribution in [0.4, 0.5) is 0 Å². The maximum absolute atomic E-state index is 6.09. The Hall–Kier alpha value is -1.75. The molecule has 0 amide bonds. The van der Waals surface area contributed by atoms with Crippen LogP contribution in [0.3, 0.4) is 0 Å². The van der Waals surface area contributed by atoms with Gasteiger partial charge in [-0.3, -0.25) is 0 Å². The summed E-state index contributed by atoms with van der Waals surface area (Å²) >= 11 is 0. The zero-order valence-corrected chi connectivity index (χ0v) is 14.5. The fraction of sp³-hybridized carbons (Fsp3) is 0.650. The van der Waals surface area contributed by atoms with Gasteiger partial charge in [-0.1, -0.05) is 5.16 Å². The van der Waals surface area contributed by atoms with E-state index in [1.54, 1.807) is 0 Å². The van der Waals surface area contributed by atoms with Crippen LogP contribution >= 0.6 is 0 Å². The highest BCUT2D eigenvalue weighted by Gasteiger charge is 2.43. The van der Waals surface area contributed by atoms with Gasteiger partial charge in [0.15, 0.2) is 17.1 Å². The Kier molecular flexibility index (Phi) is 3.85. The van der Waals surface area contributed by atoms with Crippen molar-refractivity contribution in [3.05, 3.63) is 23.8 Å². The van der Waals surface area contributed by atoms with E-state index in [4.69, 9.17) is 19.0 Å². The lowest BCUT2D eigenvalue weighted by Crippen LogP contribution is -2.29. The minimum absolute atomic E-state index is 0.245. The average Bonchev–Trinajstić information content (AvgIpc) is 3.56. The molecule has 5 heteroatoms. The van der Waals surface area contributed by atoms with Crippen molar-refractivity contribution in [3.8, 4) is 11.5 Å². The van der Waals surface area contributed by atoms with Crippen LogP contribution in [0.15, 0.2) is 23.4 Å². The van der Waals surface area contributed by atoms with Gasteiger partial charge in [-0.2, -0.15) is 0 Å². The van der Waals surface area contributed by atoms with Crippen molar-refractivity contribution in [2.45, 2.75) is 44.1 Å². The first-order valence-electron chi connectivity index (χ1n) is 9.52. The van der Waals surface area contributed by atoms with Crippen LogP contribution in [0.5, 0.6) is 11.5 Å². The number of hydrogen-bond donors (Lipinski definition) is 0. The Bertz CT molecular complexity index is 672. The number of ether oxygens (including phenoxy) is 3. The van der Waals surface area contributed by atoms with Crippen molar-refractivity contribution < 1.29 is 19.0 Å². The molecule has 1 spiro atoms. The van der Waals surface area contributed by atoms with E-state index in [1.165, 1.54) is 25.7 Å². The smallest absolute Gasteiger partial charge is 0.168 e. The lowest BCUT2D eigenvalue weighted by Gasteiger charge is -2.17. The summed E-state index contributed by atoms with van der Waals surface area (Å²) in [7, 11) is 0. The summed E-state index contributed by atoms with van der Waals surface area (Å²) < 4.78 is 17.6. The van der Waals surface area contributed by atoms with Gasteiger partial charge in [0, 0.05) is 18.4 Å². The average molecular weight is 343 g/mol. The molecule has 25 heavy (non-hydrogen) atoms. The molecule has 1 saturated heterocycles. The maximum Gasteiger partial charge on any atom is 0.168 e. The summed E-state index contributed by atoms with van der Waals surface area (Å²) in [5.74, 6) is 3.14. The van der Waals surface area contributed by atoms with Gasteiger partial charge in [-0.05, 0) is 55.7 Å². The number of oxime groups is 1. The van der Waals surface area contributed by atoms with Crippen LogP contribution in [-0.4, -0.2) is 37.7 Å². The molecule has 2 aliphatic heterocycles. The topological polar surface area (TPSA) is 49.3 Å². The van der Waals surface area contributed by atoms with E-state index in [2.05, 4.69) is 17.3 Å². The Morgan fingerprint density at radius 2 is 1.80 bits per heavy atom. The predicted octanol–water partition coefficient (Wildman–Crippen LogP) is 3.55. The standard InChI is InChI=1S/C20H25NO4/c1-2-14(1)11-23-18-6-5-16(9-19(18)24-12-15-3-4-15)17-10-20(25-21-17)7-8-22-13-20/h5-6,9,14-15H,1-4,7-8,10-13H2. The van der Waals surface area contributed by atoms with E-state index in [9.17, 15) is 0 Å². The molecule has 4 aliphatic rings. The molecule has 2 saturated carbocycles. The SMILES string of the molecule is c1cc(OCC2CC2)c(OCC2CC2)cc1C1=NOC2(CCOC2)C1. The quantitative estimate of drug-likeness (QED) is 0.760. The van der Waals surface area contributed by atoms with Crippen LogP contribution in [0.25, 0.3) is 0 Å². The number of benzene rings is 1. The van der Waals surface area contributed by atoms with Crippen LogP contribution in [0, 0.1) is 11.8 Å². The summed E-state index contributed by atoms with van der Waals surface area (Å²) in [6.07, 6.45) is 6.84. The normalized spacial score (nSPS) is 28.1. The third kappa shape index (κ3) is 3.47. The number of nitrogens with zero attached hydrogens (tertiary/aromatic N) is 1. The largest absolute Gasteiger partial charge is 0.489 e. The first-order valence-corrected chi connectivity index (χ1v) is 9.52. The third-order valence-corrected chi connectivity index (χ3v) is 5.53. The highest BCUT2D eigenvalue weighted by molar-refractivity contribution is 6.02. The van der Waals surface area contributed by atoms with E-state index in [-0.39, 0.29) is 5.60 Å². The molecule has 0 aromatic heterocycles. The molecule has 0 radical (unpaired) electrons. The van der Waals surface area contributed by atoms with E-state index < -0.39 is 0 Å². The van der Waals surface area contributed by atoms with Gasteiger partial charge in [0.25, 0.3) is 0 Å². The van der Waals surface area contributed by atoms with Gasteiger partial charge >= 0.3 is 0 Å².